The van der Waals surface area contributed by atoms with Crippen molar-refractivity contribution < 1.29 is 4.79 Å². The molecule has 20 heavy (non-hydrogen) atoms. The Morgan fingerprint density at radius 2 is 1.60 bits per heavy atom. The van der Waals surface area contributed by atoms with Gasteiger partial charge in [0.25, 0.3) is 0 Å². The third-order valence-electron chi connectivity index (χ3n) is 3.64. The number of rotatable bonds is 3. The first kappa shape index (κ1) is 12.7. The molecule has 100 valence electrons. The van der Waals surface area contributed by atoms with E-state index in [1.807, 2.05) is 42.6 Å². The van der Waals surface area contributed by atoms with E-state index in [0.717, 1.165) is 6.54 Å². The summed E-state index contributed by atoms with van der Waals surface area (Å²) in [6.45, 7) is 0.824. The normalized spacial score (nSPS) is 18.3. The Labute approximate surface area is 119 Å². The Bertz CT molecular complexity index is 604. The standard InChI is InChI=1S/C18H17NO/c20-17-11-12-19(14-15-7-3-1-4-8-15)18(13-17)16-9-5-2-6-10-16/h1-12,18H,13-14H2/t18-/m0/s1. The van der Waals surface area contributed by atoms with E-state index in [4.69, 9.17) is 0 Å². The van der Waals surface area contributed by atoms with Gasteiger partial charge in [-0.3, -0.25) is 4.79 Å². The highest BCUT2D eigenvalue weighted by Gasteiger charge is 2.23. The molecule has 1 aliphatic heterocycles. The molecule has 2 heteroatoms. The van der Waals surface area contributed by atoms with E-state index < -0.39 is 0 Å². The van der Waals surface area contributed by atoms with Crippen LogP contribution in [0.3, 0.4) is 0 Å². The van der Waals surface area contributed by atoms with Crippen LogP contribution in [0.4, 0.5) is 0 Å². The topological polar surface area (TPSA) is 20.3 Å². The van der Waals surface area contributed by atoms with Crippen LogP contribution < -0.4 is 0 Å². The number of allylic oxidation sites excluding steroid dienone is 1. The van der Waals surface area contributed by atoms with Gasteiger partial charge in [-0.2, -0.15) is 0 Å². The minimum Gasteiger partial charge on any atom is -0.366 e. The van der Waals surface area contributed by atoms with Gasteiger partial charge in [-0.1, -0.05) is 60.7 Å². The van der Waals surface area contributed by atoms with E-state index in [-0.39, 0.29) is 11.8 Å². The average molecular weight is 263 g/mol. The summed E-state index contributed by atoms with van der Waals surface area (Å²) in [6.07, 6.45) is 4.16. The molecule has 3 rings (SSSR count). The molecule has 0 N–H and O–H groups in total. The Balaban J connectivity index is 1.86. The van der Waals surface area contributed by atoms with Gasteiger partial charge < -0.3 is 4.90 Å². The lowest BCUT2D eigenvalue weighted by molar-refractivity contribution is -0.116. The van der Waals surface area contributed by atoms with Gasteiger partial charge in [0.15, 0.2) is 5.78 Å². The molecule has 0 radical (unpaired) electrons. The predicted molar refractivity (Wildman–Crippen MR) is 79.9 cm³/mol. The lowest BCUT2D eigenvalue weighted by Crippen LogP contribution is -2.28. The highest BCUT2D eigenvalue weighted by atomic mass is 16.1. The molecule has 0 bridgehead atoms. The monoisotopic (exact) mass is 263 g/mol. The smallest absolute Gasteiger partial charge is 0.159 e. The maximum absolute atomic E-state index is 11.7. The van der Waals surface area contributed by atoms with Crippen LogP contribution in [-0.4, -0.2) is 10.7 Å². The second-order valence-electron chi connectivity index (χ2n) is 5.07. The van der Waals surface area contributed by atoms with Gasteiger partial charge in [0.2, 0.25) is 0 Å². The van der Waals surface area contributed by atoms with Crippen molar-refractivity contribution >= 4 is 5.78 Å². The van der Waals surface area contributed by atoms with E-state index in [9.17, 15) is 4.79 Å². The molecular weight excluding hydrogens is 246 g/mol. The highest BCUT2D eigenvalue weighted by Crippen LogP contribution is 2.29. The van der Waals surface area contributed by atoms with Gasteiger partial charge in [0.05, 0.1) is 6.04 Å². The quantitative estimate of drug-likeness (QED) is 0.841. The summed E-state index contributed by atoms with van der Waals surface area (Å²) in [5, 5.41) is 0. The number of nitrogens with zero attached hydrogens (tertiary/aromatic N) is 1. The van der Waals surface area contributed by atoms with Gasteiger partial charge in [-0.15, -0.1) is 0 Å². The number of hydrogen-bond acceptors (Lipinski definition) is 2. The number of carbonyl (C=O) groups excluding carboxylic acids is 1. The fourth-order valence-corrected chi connectivity index (χ4v) is 2.60. The van der Waals surface area contributed by atoms with Crippen LogP contribution >= 0.6 is 0 Å². The van der Waals surface area contributed by atoms with E-state index in [1.54, 1.807) is 6.08 Å². The number of carbonyl (C=O) groups is 1. The van der Waals surface area contributed by atoms with Crippen LogP contribution in [0.1, 0.15) is 23.6 Å². The van der Waals surface area contributed by atoms with Crippen molar-refractivity contribution in [3.05, 3.63) is 84.1 Å². The Hall–Kier alpha value is -2.35. The minimum absolute atomic E-state index is 0.133. The van der Waals surface area contributed by atoms with Crippen LogP contribution in [0.5, 0.6) is 0 Å². The summed E-state index contributed by atoms with van der Waals surface area (Å²) >= 11 is 0. The van der Waals surface area contributed by atoms with Crippen LogP contribution in [0.2, 0.25) is 0 Å². The maximum atomic E-state index is 11.7. The molecule has 0 amide bonds. The van der Waals surface area contributed by atoms with Crippen LogP contribution in [0.25, 0.3) is 0 Å². The lowest BCUT2D eigenvalue weighted by atomic mass is 9.97. The van der Waals surface area contributed by atoms with Crippen LogP contribution in [0.15, 0.2) is 72.9 Å². The van der Waals surface area contributed by atoms with Crippen LogP contribution in [-0.2, 0) is 11.3 Å². The molecule has 2 nitrogen and oxygen atoms in total. The summed E-state index contributed by atoms with van der Waals surface area (Å²) in [6, 6.07) is 20.7. The first-order chi connectivity index (χ1) is 9.83. The molecule has 1 atom stereocenters. The van der Waals surface area contributed by atoms with Crippen molar-refractivity contribution in [2.75, 3.05) is 0 Å². The zero-order valence-electron chi connectivity index (χ0n) is 11.3. The second-order valence-corrected chi connectivity index (χ2v) is 5.07. The summed E-state index contributed by atoms with van der Waals surface area (Å²) in [5.41, 5.74) is 2.45. The van der Waals surface area contributed by atoms with Crippen molar-refractivity contribution in [2.45, 2.75) is 19.0 Å². The number of ketones is 1. The van der Waals surface area contributed by atoms with Gasteiger partial charge in [0.1, 0.15) is 0 Å². The molecule has 2 aromatic carbocycles. The van der Waals surface area contributed by atoms with E-state index >= 15 is 0 Å². The molecule has 0 aliphatic carbocycles. The molecule has 2 aromatic rings. The Morgan fingerprint density at radius 3 is 2.30 bits per heavy atom. The van der Waals surface area contributed by atoms with Gasteiger partial charge >= 0.3 is 0 Å². The molecule has 0 saturated carbocycles. The second kappa shape index (κ2) is 5.74. The molecule has 0 unspecified atom stereocenters. The predicted octanol–water partition coefficient (Wildman–Crippen LogP) is 3.72. The highest BCUT2D eigenvalue weighted by molar-refractivity contribution is 5.90. The summed E-state index contributed by atoms with van der Waals surface area (Å²) in [5.74, 6) is 0.197. The van der Waals surface area contributed by atoms with Crippen molar-refractivity contribution in [1.29, 1.82) is 0 Å². The molecule has 1 heterocycles. The van der Waals surface area contributed by atoms with Crippen LogP contribution in [0, 0.1) is 0 Å². The fourth-order valence-electron chi connectivity index (χ4n) is 2.60. The number of benzene rings is 2. The minimum atomic E-state index is 0.133. The van der Waals surface area contributed by atoms with Gasteiger partial charge in [-0.25, -0.2) is 0 Å². The van der Waals surface area contributed by atoms with Gasteiger partial charge in [0, 0.05) is 19.2 Å². The summed E-state index contributed by atoms with van der Waals surface area (Å²) in [4.78, 5) is 14.0. The lowest BCUT2D eigenvalue weighted by Gasteiger charge is -2.33. The molecule has 0 saturated heterocycles. The SMILES string of the molecule is O=C1C=CN(Cc2ccccc2)[C@H](c2ccccc2)C1. The largest absolute Gasteiger partial charge is 0.366 e. The molecule has 1 aliphatic rings. The first-order valence-corrected chi connectivity index (χ1v) is 6.88. The summed E-state index contributed by atoms with van der Waals surface area (Å²) < 4.78 is 0. The van der Waals surface area contributed by atoms with Crippen molar-refractivity contribution in [3.63, 3.8) is 0 Å². The third kappa shape index (κ3) is 2.80. The molecule has 0 fully saturated rings. The van der Waals surface area contributed by atoms with Crippen molar-refractivity contribution in [3.8, 4) is 0 Å². The zero-order chi connectivity index (χ0) is 13.8. The Morgan fingerprint density at radius 1 is 0.950 bits per heavy atom. The number of hydrogen-bond donors (Lipinski definition) is 0. The average Bonchev–Trinajstić information content (AvgIpc) is 2.51. The molecule has 0 spiro atoms. The zero-order valence-corrected chi connectivity index (χ0v) is 11.3. The maximum Gasteiger partial charge on any atom is 0.159 e. The third-order valence-corrected chi connectivity index (χ3v) is 3.64. The van der Waals surface area contributed by atoms with Gasteiger partial charge in [-0.05, 0) is 17.2 Å². The molecular formula is C18H17NO. The Kier molecular flexibility index (Phi) is 3.64. The van der Waals surface area contributed by atoms with E-state index in [0.29, 0.717) is 6.42 Å². The molecule has 0 aromatic heterocycles. The first-order valence-electron chi connectivity index (χ1n) is 6.88. The fraction of sp³-hybridized carbons (Fsp3) is 0.167. The van der Waals surface area contributed by atoms with Crippen molar-refractivity contribution in [1.82, 2.24) is 4.90 Å². The summed E-state index contributed by atoms with van der Waals surface area (Å²) in [7, 11) is 0. The van der Waals surface area contributed by atoms with E-state index in [1.165, 1.54) is 11.1 Å². The van der Waals surface area contributed by atoms with E-state index in [2.05, 4.69) is 29.2 Å². The van der Waals surface area contributed by atoms with Crippen molar-refractivity contribution in [2.24, 2.45) is 0 Å².